The molecule has 0 aromatic heterocycles. The van der Waals surface area contributed by atoms with E-state index in [0.29, 0.717) is 6.42 Å². The molecule has 1 atom stereocenters. The summed E-state index contributed by atoms with van der Waals surface area (Å²) in [4.78, 5) is 14.1. The van der Waals surface area contributed by atoms with Crippen molar-refractivity contribution in [3.63, 3.8) is 0 Å². The number of hydrogen-bond acceptors (Lipinski definition) is 3. The van der Waals surface area contributed by atoms with Gasteiger partial charge in [0.25, 0.3) is 0 Å². The minimum Gasteiger partial charge on any atom is -0.376 e. The number of rotatable bonds is 4. The van der Waals surface area contributed by atoms with Crippen molar-refractivity contribution in [2.45, 2.75) is 33.2 Å². The molecular weight excluding hydrogens is 318 g/mol. The number of hydrogen-bond donors (Lipinski definition) is 2. The fourth-order valence-electron chi connectivity index (χ4n) is 1.71. The highest BCUT2D eigenvalue weighted by molar-refractivity contribution is 9.10. The minimum absolute atomic E-state index is 0.0615. The monoisotopic (exact) mass is 341 g/mol. The number of benzene rings is 1. The zero-order chi connectivity index (χ0) is 15.5. The second kappa shape index (κ2) is 6.59. The molecule has 0 bridgehead atoms. The Morgan fingerprint density at radius 3 is 2.50 bits per heavy atom. The highest BCUT2D eigenvalue weighted by atomic mass is 79.9. The third-order valence-electron chi connectivity index (χ3n) is 3.23. The first kappa shape index (κ1) is 17.0. The average molecular weight is 342 g/mol. The first-order valence-corrected chi connectivity index (χ1v) is 7.43. The van der Waals surface area contributed by atoms with Gasteiger partial charge in [-0.15, -0.1) is 0 Å². The van der Waals surface area contributed by atoms with Gasteiger partial charge in [0.05, 0.1) is 11.4 Å². The Balaban J connectivity index is 2.83. The lowest BCUT2D eigenvalue weighted by Crippen LogP contribution is -2.38. The second-order valence-electron chi connectivity index (χ2n) is 6.28. The summed E-state index contributed by atoms with van der Waals surface area (Å²) >= 11 is 3.42. The largest absolute Gasteiger partial charge is 0.376 e. The number of carbonyl (C=O) groups excluding carboxylic acids is 1. The van der Waals surface area contributed by atoms with Crippen LogP contribution in [0, 0.1) is 5.41 Å². The highest BCUT2D eigenvalue weighted by Crippen LogP contribution is 2.28. The molecule has 0 aliphatic heterocycles. The van der Waals surface area contributed by atoms with Crippen molar-refractivity contribution >= 4 is 33.2 Å². The van der Waals surface area contributed by atoms with E-state index >= 15 is 0 Å². The lowest BCUT2D eigenvalue weighted by atomic mass is 9.85. The second-order valence-corrected chi connectivity index (χ2v) is 7.20. The van der Waals surface area contributed by atoms with E-state index < -0.39 is 0 Å². The lowest BCUT2D eigenvalue weighted by Gasteiger charge is -2.26. The Labute approximate surface area is 129 Å². The summed E-state index contributed by atoms with van der Waals surface area (Å²) in [7, 11) is 3.89. The fraction of sp³-hybridized carbons (Fsp3) is 0.533. The van der Waals surface area contributed by atoms with E-state index in [-0.39, 0.29) is 17.4 Å². The molecular formula is C15H24BrN3O. The molecule has 20 heavy (non-hydrogen) atoms. The van der Waals surface area contributed by atoms with Crippen LogP contribution in [0.25, 0.3) is 0 Å². The van der Waals surface area contributed by atoms with Crippen molar-refractivity contribution in [1.82, 2.24) is 0 Å². The minimum atomic E-state index is -0.169. The molecule has 1 rings (SSSR count). The Morgan fingerprint density at radius 2 is 2.00 bits per heavy atom. The SMILES string of the molecule is CN(C)c1ccc(Br)cc1NC(=O)CC(N)C(C)(C)C. The van der Waals surface area contributed by atoms with E-state index in [1.807, 2.05) is 58.0 Å². The Bertz CT molecular complexity index is 480. The van der Waals surface area contributed by atoms with Crippen molar-refractivity contribution < 1.29 is 4.79 Å². The van der Waals surface area contributed by atoms with E-state index in [2.05, 4.69) is 21.2 Å². The first-order valence-electron chi connectivity index (χ1n) is 6.63. The number of nitrogens with one attached hydrogen (secondary N) is 1. The number of amides is 1. The molecule has 0 saturated carbocycles. The van der Waals surface area contributed by atoms with E-state index in [1.54, 1.807) is 0 Å². The fourth-order valence-corrected chi connectivity index (χ4v) is 2.07. The molecule has 0 heterocycles. The third-order valence-corrected chi connectivity index (χ3v) is 3.73. The first-order chi connectivity index (χ1) is 9.11. The van der Waals surface area contributed by atoms with Crippen LogP contribution in [0.3, 0.4) is 0 Å². The van der Waals surface area contributed by atoms with Gasteiger partial charge in [-0.3, -0.25) is 4.79 Å². The molecule has 4 nitrogen and oxygen atoms in total. The summed E-state index contributed by atoms with van der Waals surface area (Å²) in [6.07, 6.45) is 0.308. The maximum absolute atomic E-state index is 12.1. The van der Waals surface area contributed by atoms with E-state index in [9.17, 15) is 4.79 Å². The smallest absolute Gasteiger partial charge is 0.226 e. The van der Waals surface area contributed by atoms with Crippen LogP contribution in [-0.4, -0.2) is 26.0 Å². The van der Waals surface area contributed by atoms with Crippen LogP contribution in [0.4, 0.5) is 11.4 Å². The highest BCUT2D eigenvalue weighted by Gasteiger charge is 2.23. The predicted octanol–water partition coefficient (Wildman–Crippen LogP) is 3.22. The molecule has 0 saturated heterocycles. The summed E-state index contributed by atoms with van der Waals surface area (Å²) in [6, 6.07) is 5.64. The number of carbonyl (C=O) groups is 1. The predicted molar refractivity (Wildman–Crippen MR) is 89.1 cm³/mol. The summed E-state index contributed by atoms with van der Waals surface area (Å²) in [6.45, 7) is 6.11. The van der Waals surface area contributed by atoms with Crippen LogP contribution in [0.5, 0.6) is 0 Å². The third kappa shape index (κ3) is 4.80. The molecule has 0 fully saturated rings. The number of nitrogens with zero attached hydrogens (tertiary/aromatic N) is 1. The van der Waals surface area contributed by atoms with Gasteiger partial charge in [-0.05, 0) is 23.6 Å². The normalized spacial score (nSPS) is 12.9. The van der Waals surface area contributed by atoms with Crippen LogP contribution in [-0.2, 0) is 4.79 Å². The summed E-state index contributed by atoms with van der Waals surface area (Å²) in [5.74, 6) is -0.0615. The Kier molecular flexibility index (Phi) is 5.59. The standard InChI is InChI=1S/C15H24BrN3O/c1-15(2,3)13(17)9-14(20)18-11-8-10(16)6-7-12(11)19(4)5/h6-8,13H,9,17H2,1-5H3,(H,18,20). The van der Waals surface area contributed by atoms with Crippen LogP contribution >= 0.6 is 15.9 Å². The molecule has 112 valence electrons. The molecule has 1 aromatic carbocycles. The Hall–Kier alpha value is -1.07. The van der Waals surface area contributed by atoms with Gasteiger partial charge >= 0.3 is 0 Å². The van der Waals surface area contributed by atoms with E-state index in [4.69, 9.17) is 5.73 Å². The maximum Gasteiger partial charge on any atom is 0.226 e. The topological polar surface area (TPSA) is 58.4 Å². The maximum atomic E-state index is 12.1. The molecule has 0 aliphatic rings. The summed E-state index contributed by atoms with van der Waals surface area (Å²) < 4.78 is 0.929. The molecule has 1 amide bonds. The molecule has 0 radical (unpaired) electrons. The van der Waals surface area contributed by atoms with E-state index in [1.165, 1.54) is 0 Å². The van der Waals surface area contributed by atoms with Gasteiger partial charge in [-0.1, -0.05) is 36.7 Å². The zero-order valence-corrected chi connectivity index (χ0v) is 14.4. The lowest BCUT2D eigenvalue weighted by molar-refractivity contribution is -0.117. The van der Waals surface area contributed by atoms with Crippen molar-refractivity contribution in [1.29, 1.82) is 0 Å². The van der Waals surface area contributed by atoms with Gasteiger partial charge < -0.3 is 16.0 Å². The Morgan fingerprint density at radius 1 is 1.40 bits per heavy atom. The number of halogens is 1. The zero-order valence-electron chi connectivity index (χ0n) is 12.8. The molecule has 3 N–H and O–H groups in total. The van der Waals surface area contributed by atoms with Crippen molar-refractivity contribution in [2.75, 3.05) is 24.3 Å². The molecule has 1 aromatic rings. The summed E-state index contributed by atoms with van der Waals surface area (Å²) in [5.41, 5.74) is 7.72. The van der Waals surface area contributed by atoms with Crippen LogP contribution < -0.4 is 16.0 Å². The van der Waals surface area contributed by atoms with Crippen LogP contribution in [0.2, 0.25) is 0 Å². The van der Waals surface area contributed by atoms with Crippen LogP contribution in [0.1, 0.15) is 27.2 Å². The molecule has 5 heteroatoms. The molecule has 0 aliphatic carbocycles. The van der Waals surface area contributed by atoms with E-state index in [0.717, 1.165) is 15.8 Å². The quantitative estimate of drug-likeness (QED) is 0.883. The number of nitrogens with two attached hydrogens (primary N) is 1. The number of anilines is 2. The van der Waals surface area contributed by atoms with Gasteiger partial charge in [-0.25, -0.2) is 0 Å². The molecule has 1 unspecified atom stereocenters. The van der Waals surface area contributed by atoms with Gasteiger partial charge in [-0.2, -0.15) is 0 Å². The molecule has 0 spiro atoms. The van der Waals surface area contributed by atoms with Gasteiger partial charge in [0.2, 0.25) is 5.91 Å². The van der Waals surface area contributed by atoms with Gasteiger partial charge in [0, 0.05) is 31.0 Å². The van der Waals surface area contributed by atoms with Crippen LogP contribution in [0.15, 0.2) is 22.7 Å². The van der Waals surface area contributed by atoms with Crippen molar-refractivity contribution in [2.24, 2.45) is 11.1 Å². The van der Waals surface area contributed by atoms with Gasteiger partial charge in [0.15, 0.2) is 0 Å². The van der Waals surface area contributed by atoms with Crippen molar-refractivity contribution in [3.05, 3.63) is 22.7 Å². The van der Waals surface area contributed by atoms with Crippen molar-refractivity contribution in [3.8, 4) is 0 Å². The van der Waals surface area contributed by atoms with Gasteiger partial charge in [0.1, 0.15) is 0 Å². The average Bonchev–Trinajstić information content (AvgIpc) is 2.26. The summed E-state index contributed by atoms with van der Waals surface area (Å²) in [5, 5.41) is 2.95.